The molecule has 0 bridgehead atoms. The van der Waals surface area contributed by atoms with E-state index in [1.165, 1.54) is 0 Å². The molecular weight excluding hydrogens is 273 g/mol. The lowest BCUT2D eigenvalue weighted by atomic mass is 10.2. The zero-order valence-electron chi connectivity index (χ0n) is 10.5. The fourth-order valence-electron chi connectivity index (χ4n) is 1.43. The Balaban J connectivity index is 2.05. The van der Waals surface area contributed by atoms with E-state index in [4.69, 9.17) is 32.7 Å². The van der Waals surface area contributed by atoms with Crippen LogP contribution < -0.4 is 5.32 Å². The second-order valence-corrected chi connectivity index (χ2v) is 4.70. The second kappa shape index (κ2) is 9.59. The van der Waals surface area contributed by atoms with Crippen molar-refractivity contribution in [2.45, 2.75) is 13.0 Å². The minimum Gasteiger partial charge on any atom is -0.382 e. The van der Waals surface area contributed by atoms with Crippen LogP contribution >= 0.6 is 23.2 Å². The number of nitrogens with one attached hydrogen (secondary N) is 1. The molecule has 0 aliphatic heterocycles. The minimum absolute atomic E-state index is 0.590. The van der Waals surface area contributed by atoms with Crippen LogP contribution in [0.2, 0.25) is 10.0 Å². The first-order valence-electron chi connectivity index (χ1n) is 5.95. The molecule has 0 atom stereocenters. The summed E-state index contributed by atoms with van der Waals surface area (Å²) in [5.41, 5.74) is 1.13. The number of methoxy groups -OCH3 is 1. The van der Waals surface area contributed by atoms with Crippen LogP contribution in [0.5, 0.6) is 0 Å². The zero-order chi connectivity index (χ0) is 13.2. The van der Waals surface area contributed by atoms with E-state index in [-0.39, 0.29) is 0 Å². The topological polar surface area (TPSA) is 30.5 Å². The summed E-state index contributed by atoms with van der Waals surface area (Å²) in [4.78, 5) is 0. The van der Waals surface area contributed by atoms with Crippen molar-refractivity contribution in [3.05, 3.63) is 33.8 Å². The Morgan fingerprint density at radius 1 is 1.11 bits per heavy atom. The Bertz CT molecular complexity index is 348. The zero-order valence-corrected chi connectivity index (χ0v) is 12.1. The molecule has 0 radical (unpaired) electrons. The van der Waals surface area contributed by atoms with E-state index >= 15 is 0 Å². The highest BCUT2D eigenvalue weighted by Crippen LogP contribution is 2.22. The van der Waals surface area contributed by atoms with Crippen LogP contribution in [0.15, 0.2) is 18.2 Å². The second-order valence-electron chi connectivity index (χ2n) is 3.88. The molecule has 1 aromatic rings. The number of hydrogen-bond donors (Lipinski definition) is 1. The molecule has 5 heteroatoms. The van der Waals surface area contributed by atoms with Crippen LogP contribution in [0.25, 0.3) is 0 Å². The maximum atomic E-state index is 5.93. The lowest BCUT2D eigenvalue weighted by Crippen LogP contribution is -2.16. The van der Waals surface area contributed by atoms with Crippen molar-refractivity contribution < 1.29 is 9.47 Å². The predicted molar refractivity (Wildman–Crippen MR) is 75.5 cm³/mol. The van der Waals surface area contributed by atoms with Gasteiger partial charge in [-0.05, 0) is 30.7 Å². The van der Waals surface area contributed by atoms with E-state index in [0.717, 1.165) is 31.7 Å². The summed E-state index contributed by atoms with van der Waals surface area (Å²) in [5.74, 6) is 0. The van der Waals surface area contributed by atoms with Gasteiger partial charge in [0, 0.05) is 20.3 Å². The lowest BCUT2D eigenvalue weighted by molar-refractivity contribution is 0.0695. The highest BCUT2D eigenvalue weighted by molar-refractivity contribution is 6.42. The molecule has 0 aliphatic rings. The SMILES string of the molecule is COCCOCCCNCc1ccc(Cl)c(Cl)c1. The Morgan fingerprint density at radius 2 is 1.94 bits per heavy atom. The molecule has 0 aromatic heterocycles. The molecule has 18 heavy (non-hydrogen) atoms. The minimum atomic E-state index is 0.590. The van der Waals surface area contributed by atoms with Crippen LogP contribution in [0.4, 0.5) is 0 Å². The predicted octanol–water partition coefficient (Wildman–Crippen LogP) is 3.14. The molecule has 3 nitrogen and oxygen atoms in total. The molecule has 0 heterocycles. The van der Waals surface area contributed by atoms with Gasteiger partial charge in [-0.2, -0.15) is 0 Å². The van der Waals surface area contributed by atoms with E-state index in [1.807, 2.05) is 18.2 Å². The number of benzene rings is 1. The summed E-state index contributed by atoms with van der Waals surface area (Å²) < 4.78 is 10.2. The number of rotatable bonds is 9. The number of ether oxygens (including phenoxy) is 2. The molecule has 102 valence electrons. The Labute approximate surface area is 118 Å². The molecular formula is C13H19Cl2NO2. The summed E-state index contributed by atoms with van der Waals surface area (Å²) in [6.07, 6.45) is 0.977. The Hall–Kier alpha value is -0.320. The smallest absolute Gasteiger partial charge is 0.0700 e. The van der Waals surface area contributed by atoms with Crippen LogP contribution in [0.1, 0.15) is 12.0 Å². The molecule has 0 aliphatic carbocycles. The molecule has 1 rings (SSSR count). The summed E-state index contributed by atoms with van der Waals surface area (Å²) >= 11 is 11.8. The van der Waals surface area contributed by atoms with E-state index in [2.05, 4.69) is 5.32 Å². The summed E-state index contributed by atoms with van der Waals surface area (Å²) in [6.45, 7) is 3.75. The Morgan fingerprint density at radius 3 is 2.67 bits per heavy atom. The van der Waals surface area contributed by atoms with E-state index in [0.29, 0.717) is 23.3 Å². The fourth-order valence-corrected chi connectivity index (χ4v) is 1.75. The highest BCUT2D eigenvalue weighted by atomic mass is 35.5. The van der Waals surface area contributed by atoms with E-state index in [1.54, 1.807) is 7.11 Å². The first kappa shape index (κ1) is 15.7. The number of hydrogen-bond acceptors (Lipinski definition) is 3. The van der Waals surface area contributed by atoms with Crippen molar-refractivity contribution in [2.24, 2.45) is 0 Å². The van der Waals surface area contributed by atoms with Gasteiger partial charge in [0.05, 0.1) is 23.3 Å². The first-order chi connectivity index (χ1) is 8.74. The Kier molecular flexibility index (Phi) is 8.38. The molecule has 1 aromatic carbocycles. The first-order valence-corrected chi connectivity index (χ1v) is 6.71. The average molecular weight is 292 g/mol. The van der Waals surface area contributed by atoms with Crippen molar-refractivity contribution in [2.75, 3.05) is 33.5 Å². The quantitative estimate of drug-likeness (QED) is 0.709. The molecule has 0 unspecified atom stereocenters. The van der Waals surface area contributed by atoms with Crippen LogP contribution in [0, 0.1) is 0 Å². The van der Waals surface area contributed by atoms with Gasteiger partial charge in [-0.25, -0.2) is 0 Å². The van der Waals surface area contributed by atoms with Gasteiger partial charge in [0.2, 0.25) is 0 Å². The van der Waals surface area contributed by atoms with Gasteiger partial charge in [0.1, 0.15) is 0 Å². The third kappa shape index (κ3) is 6.57. The van der Waals surface area contributed by atoms with Gasteiger partial charge >= 0.3 is 0 Å². The maximum Gasteiger partial charge on any atom is 0.0700 e. The van der Waals surface area contributed by atoms with Gasteiger partial charge < -0.3 is 14.8 Å². The molecule has 0 saturated carbocycles. The summed E-state index contributed by atoms with van der Waals surface area (Å²) in [6, 6.07) is 5.66. The molecule has 1 N–H and O–H groups in total. The van der Waals surface area contributed by atoms with Gasteiger partial charge in [0.25, 0.3) is 0 Å². The molecule has 0 fully saturated rings. The summed E-state index contributed by atoms with van der Waals surface area (Å²) in [7, 11) is 1.67. The van der Waals surface area contributed by atoms with Crippen LogP contribution in [-0.2, 0) is 16.0 Å². The van der Waals surface area contributed by atoms with Crippen molar-refractivity contribution in [3.8, 4) is 0 Å². The standard InChI is InChI=1S/C13H19Cl2NO2/c1-17-7-8-18-6-2-5-16-10-11-3-4-12(14)13(15)9-11/h3-4,9,16H,2,5-8,10H2,1H3. The van der Waals surface area contributed by atoms with Crippen molar-refractivity contribution in [1.29, 1.82) is 0 Å². The van der Waals surface area contributed by atoms with Gasteiger partial charge in [0.15, 0.2) is 0 Å². The highest BCUT2D eigenvalue weighted by Gasteiger charge is 1.99. The molecule has 0 saturated heterocycles. The average Bonchev–Trinajstić information content (AvgIpc) is 2.37. The van der Waals surface area contributed by atoms with Crippen LogP contribution in [0.3, 0.4) is 0 Å². The van der Waals surface area contributed by atoms with Crippen molar-refractivity contribution in [1.82, 2.24) is 5.32 Å². The normalized spacial score (nSPS) is 10.8. The largest absolute Gasteiger partial charge is 0.382 e. The maximum absolute atomic E-state index is 5.93. The molecule has 0 spiro atoms. The third-order valence-electron chi connectivity index (χ3n) is 2.39. The monoisotopic (exact) mass is 291 g/mol. The van der Waals surface area contributed by atoms with E-state index in [9.17, 15) is 0 Å². The van der Waals surface area contributed by atoms with Gasteiger partial charge in [-0.15, -0.1) is 0 Å². The van der Waals surface area contributed by atoms with E-state index < -0.39 is 0 Å². The van der Waals surface area contributed by atoms with Crippen molar-refractivity contribution >= 4 is 23.2 Å². The van der Waals surface area contributed by atoms with Crippen molar-refractivity contribution in [3.63, 3.8) is 0 Å². The van der Waals surface area contributed by atoms with Gasteiger partial charge in [-0.3, -0.25) is 0 Å². The fraction of sp³-hybridized carbons (Fsp3) is 0.538. The summed E-state index contributed by atoms with van der Waals surface area (Å²) in [5, 5.41) is 4.51. The third-order valence-corrected chi connectivity index (χ3v) is 3.13. The molecule has 0 amide bonds. The number of halogens is 2. The lowest BCUT2D eigenvalue weighted by Gasteiger charge is -2.06. The van der Waals surface area contributed by atoms with Gasteiger partial charge in [-0.1, -0.05) is 29.3 Å². The van der Waals surface area contributed by atoms with Crippen LogP contribution in [-0.4, -0.2) is 33.5 Å².